The normalized spacial score (nSPS) is 11.1. The molecule has 0 atom stereocenters. The molecule has 0 aliphatic carbocycles. The van der Waals surface area contributed by atoms with Gasteiger partial charge in [-0.05, 0) is 49.9 Å². The summed E-state index contributed by atoms with van der Waals surface area (Å²) in [5, 5.41) is 9.46. The van der Waals surface area contributed by atoms with Gasteiger partial charge in [-0.3, -0.25) is 9.35 Å². The van der Waals surface area contributed by atoms with Crippen LogP contribution in [0, 0.1) is 27.7 Å². The number of carbonyl (C=O) groups excluding carboxylic acids is 2. The highest BCUT2D eigenvalue weighted by molar-refractivity contribution is 7.85. The number of ether oxygens (including phenoxy) is 2. The van der Waals surface area contributed by atoms with Crippen LogP contribution >= 0.6 is 0 Å². The van der Waals surface area contributed by atoms with Crippen LogP contribution in [0.2, 0.25) is 0 Å². The fourth-order valence-electron chi connectivity index (χ4n) is 2.47. The van der Waals surface area contributed by atoms with Gasteiger partial charge in [-0.15, -0.1) is 0 Å². The molecule has 2 N–H and O–H groups in total. The Morgan fingerprint density at radius 3 is 1.85 bits per heavy atom. The van der Waals surface area contributed by atoms with Gasteiger partial charge in [-0.1, -0.05) is 0 Å². The van der Waals surface area contributed by atoms with Gasteiger partial charge in [0.15, 0.2) is 0 Å². The lowest BCUT2D eigenvalue weighted by Crippen LogP contribution is -2.19. The summed E-state index contributed by atoms with van der Waals surface area (Å²) in [6.45, 7) is 5.87. The second-order valence-electron chi connectivity index (χ2n) is 5.95. The standard InChI is InChI=1S/C17H22O9S/c1-9-10(2)12(4)15(14(11(9)3)16(19)20)17(21)26-6-5-13(18)25-7-8-27(22,23)24/h5-8H2,1-4H3,(H,19,20)(H,22,23,24). The maximum Gasteiger partial charge on any atom is 0.339 e. The molecule has 150 valence electrons. The number of hydrogen-bond acceptors (Lipinski definition) is 7. The lowest BCUT2D eigenvalue weighted by molar-refractivity contribution is -0.143. The first-order valence-electron chi connectivity index (χ1n) is 7.98. The maximum atomic E-state index is 12.4. The lowest BCUT2D eigenvalue weighted by Gasteiger charge is -2.17. The highest BCUT2D eigenvalue weighted by atomic mass is 32.2. The lowest BCUT2D eigenvalue weighted by atomic mass is 9.89. The maximum absolute atomic E-state index is 12.4. The summed E-state index contributed by atoms with van der Waals surface area (Å²) < 4.78 is 39.1. The summed E-state index contributed by atoms with van der Waals surface area (Å²) in [6, 6.07) is 0. The molecule has 0 aromatic heterocycles. The largest absolute Gasteiger partial charge is 0.478 e. The van der Waals surface area contributed by atoms with Crippen LogP contribution in [-0.4, -0.2) is 55.0 Å². The second-order valence-corrected chi connectivity index (χ2v) is 7.52. The summed E-state index contributed by atoms with van der Waals surface area (Å²) in [5.41, 5.74) is 2.27. The molecule has 0 aliphatic rings. The van der Waals surface area contributed by atoms with E-state index in [1.54, 1.807) is 27.7 Å². The smallest absolute Gasteiger partial charge is 0.339 e. The predicted molar refractivity (Wildman–Crippen MR) is 94.6 cm³/mol. The molecule has 9 nitrogen and oxygen atoms in total. The molecule has 1 aromatic carbocycles. The molecule has 10 heteroatoms. The molecule has 1 aromatic rings. The summed E-state index contributed by atoms with van der Waals surface area (Å²) in [6.07, 6.45) is -0.345. The molecular formula is C17H22O9S. The Balaban J connectivity index is 2.81. The second kappa shape index (κ2) is 8.96. The SMILES string of the molecule is Cc1c(C)c(C)c(C(=O)OCCC(=O)OCCS(=O)(=O)O)c(C(=O)O)c1C. The summed E-state index contributed by atoms with van der Waals surface area (Å²) in [5.74, 6) is -3.68. The van der Waals surface area contributed by atoms with Crippen LogP contribution in [0.4, 0.5) is 0 Å². The van der Waals surface area contributed by atoms with Crippen molar-refractivity contribution in [3.8, 4) is 0 Å². The van der Waals surface area contributed by atoms with Crippen LogP contribution in [0.15, 0.2) is 0 Å². The van der Waals surface area contributed by atoms with E-state index in [2.05, 4.69) is 4.74 Å². The minimum atomic E-state index is -4.24. The Morgan fingerprint density at radius 2 is 1.37 bits per heavy atom. The van der Waals surface area contributed by atoms with Gasteiger partial charge in [0.05, 0.1) is 17.5 Å². The topological polar surface area (TPSA) is 144 Å². The van der Waals surface area contributed by atoms with Crippen molar-refractivity contribution in [3.63, 3.8) is 0 Å². The van der Waals surface area contributed by atoms with Gasteiger partial charge in [0.2, 0.25) is 0 Å². The first kappa shape index (κ1) is 22.6. The van der Waals surface area contributed by atoms with Crippen molar-refractivity contribution in [2.45, 2.75) is 34.1 Å². The number of carbonyl (C=O) groups is 3. The summed E-state index contributed by atoms with van der Waals surface area (Å²) in [4.78, 5) is 35.4. The van der Waals surface area contributed by atoms with E-state index in [9.17, 15) is 27.9 Å². The molecule has 0 radical (unpaired) electrons. The number of esters is 2. The minimum Gasteiger partial charge on any atom is -0.478 e. The Labute approximate surface area is 157 Å². The van der Waals surface area contributed by atoms with Crippen LogP contribution in [0.5, 0.6) is 0 Å². The molecule has 0 fully saturated rings. The van der Waals surface area contributed by atoms with Gasteiger partial charge < -0.3 is 14.6 Å². The van der Waals surface area contributed by atoms with Gasteiger partial charge >= 0.3 is 17.9 Å². The minimum absolute atomic E-state index is 0.0668. The van der Waals surface area contributed by atoms with Crippen LogP contribution in [0.1, 0.15) is 49.4 Å². The van der Waals surface area contributed by atoms with E-state index in [4.69, 9.17) is 9.29 Å². The van der Waals surface area contributed by atoms with Crippen molar-refractivity contribution < 1.29 is 41.9 Å². The molecule has 1 rings (SSSR count). The molecule has 0 aliphatic heterocycles. The summed E-state index contributed by atoms with van der Waals surface area (Å²) in [7, 11) is -4.24. The fourth-order valence-corrected chi connectivity index (χ4v) is 2.76. The number of benzene rings is 1. The highest BCUT2D eigenvalue weighted by Gasteiger charge is 2.26. The zero-order valence-electron chi connectivity index (χ0n) is 15.5. The van der Waals surface area contributed by atoms with Crippen molar-refractivity contribution in [3.05, 3.63) is 33.4 Å². The predicted octanol–water partition coefficient (Wildman–Crippen LogP) is 1.60. The van der Waals surface area contributed by atoms with Crippen LogP contribution < -0.4 is 0 Å². The third kappa shape index (κ3) is 6.04. The van der Waals surface area contributed by atoms with E-state index in [1.165, 1.54) is 0 Å². The molecule has 0 heterocycles. The first-order chi connectivity index (χ1) is 12.4. The van der Waals surface area contributed by atoms with Crippen LogP contribution in [0.25, 0.3) is 0 Å². The Morgan fingerprint density at radius 1 is 0.852 bits per heavy atom. The number of carboxylic acids is 1. The van der Waals surface area contributed by atoms with Gasteiger partial charge in [-0.25, -0.2) is 9.59 Å². The fraction of sp³-hybridized carbons (Fsp3) is 0.471. The summed E-state index contributed by atoms with van der Waals surface area (Å²) >= 11 is 0. The van der Waals surface area contributed by atoms with Crippen molar-refractivity contribution in [2.75, 3.05) is 19.0 Å². The quantitative estimate of drug-likeness (QED) is 0.489. The van der Waals surface area contributed by atoms with Gasteiger partial charge in [0, 0.05) is 0 Å². The molecule has 0 spiro atoms. The molecular weight excluding hydrogens is 380 g/mol. The van der Waals surface area contributed by atoms with Gasteiger partial charge in [-0.2, -0.15) is 8.42 Å². The van der Waals surface area contributed by atoms with E-state index in [1.807, 2.05) is 0 Å². The van der Waals surface area contributed by atoms with Crippen molar-refractivity contribution >= 4 is 28.0 Å². The highest BCUT2D eigenvalue weighted by Crippen LogP contribution is 2.27. The first-order valence-corrected chi connectivity index (χ1v) is 9.59. The molecule has 0 unspecified atom stereocenters. The van der Waals surface area contributed by atoms with Gasteiger partial charge in [0.25, 0.3) is 10.1 Å². The van der Waals surface area contributed by atoms with E-state index in [-0.39, 0.29) is 24.2 Å². The monoisotopic (exact) mass is 402 g/mol. The zero-order chi connectivity index (χ0) is 20.9. The van der Waals surface area contributed by atoms with E-state index >= 15 is 0 Å². The van der Waals surface area contributed by atoms with E-state index in [0.29, 0.717) is 11.1 Å². The number of aromatic carboxylic acids is 1. The van der Waals surface area contributed by atoms with Crippen LogP contribution in [-0.2, 0) is 24.4 Å². The van der Waals surface area contributed by atoms with Crippen LogP contribution in [0.3, 0.4) is 0 Å². The molecule has 0 saturated carbocycles. The molecule has 0 amide bonds. The third-order valence-electron chi connectivity index (χ3n) is 4.25. The van der Waals surface area contributed by atoms with Crippen molar-refractivity contribution in [1.29, 1.82) is 0 Å². The van der Waals surface area contributed by atoms with Gasteiger partial charge in [0.1, 0.15) is 19.0 Å². The Hall–Kier alpha value is -2.46. The molecule has 27 heavy (non-hydrogen) atoms. The third-order valence-corrected chi connectivity index (χ3v) is 4.93. The molecule has 0 saturated heterocycles. The van der Waals surface area contributed by atoms with E-state index < -0.39 is 40.4 Å². The Kier molecular flexibility index (Phi) is 7.49. The number of carboxylic acid groups (broad SMARTS) is 1. The number of hydrogen-bond donors (Lipinski definition) is 2. The van der Waals surface area contributed by atoms with E-state index in [0.717, 1.165) is 11.1 Å². The Bertz CT molecular complexity index is 869. The van der Waals surface area contributed by atoms with Crippen molar-refractivity contribution in [1.82, 2.24) is 0 Å². The zero-order valence-corrected chi connectivity index (χ0v) is 16.3. The average Bonchev–Trinajstić information content (AvgIpc) is 2.54. The average molecular weight is 402 g/mol. The number of rotatable bonds is 8. The van der Waals surface area contributed by atoms with Crippen molar-refractivity contribution in [2.24, 2.45) is 0 Å². The molecule has 0 bridgehead atoms.